The fourth-order valence-electron chi connectivity index (χ4n) is 4.11. The highest BCUT2D eigenvalue weighted by molar-refractivity contribution is 7.92. The van der Waals surface area contributed by atoms with Crippen molar-refractivity contribution in [3.05, 3.63) is 66.2 Å². The van der Waals surface area contributed by atoms with Crippen LogP contribution in [0.4, 0.5) is 4.79 Å². The van der Waals surface area contributed by atoms with Crippen molar-refractivity contribution >= 4 is 27.5 Å². The minimum absolute atomic E-state index is 0.142. The van der Waals surface area contributed by atoms with Crippen LogP contribution in [-0.4, -0.2) is 48.6 Å². The second-order valence-electron chi connectivity index (χ2n) is 7.75. The summed E-state index contributed by atoms with van der Waals surface area (Å²) in [4.78, 5) is 16.7. The van der Waals surface area contributed by atoms with Crippen molar-refractivity contribution in [1.29, 1.82) is 0 Å². The monoisotopic (exact) mass is 448 g/mol. The summed E-state index contributed by atoms with van der Waals surface area (Å²) in [5.74, 6) is 0.547. The van der Waals surface area contributed by atoms with Gasteiger partial charge >= 0.3 is 6.03 Å². The first-order chi connectivity index (χ1) is 14.4. The molecule has 0 N–H and O–H groups in total. The number of urea groups is 1. The number of carbonyl (C=O) groups is 1. The van der Waals surface area contributed by atoms with E-state index < -0.39 is 15.2 Å². The number of likely N-dealkylation sites (N-methyl/N-ethyl adjacent to an activating group) is 1. The molecule has 2 aromatic rings. The van der Waals surface area contributed by atoms with Crippen LogP contribution >= 0.6 is 11.6 Å². The van der Waals surface area contributed by atoms with Gasteiger partial charge in [0.25, 0.3) is 0 Å². The van der Waals surface area contributed by atoms with Gasteiger partial charge in [0, 0.05) is 12.9 Å². The summed E-state index contributed by atoms with van der Waals surface area (Å²) in [6, 6.07) is 17.4. The Morgan fingerprint density at radius 1 is 0.967 bits per heavy atom. The number of benzene rings is 2. The molecule has 1 fully saturated rings. The number of carbonyl (C=O) groups excluding carboxylic acids is 1. The van der Waals surface area contributed by atoms with E-state index in [-0.39, 0.29) is 23.0 Å². The fourth-order valence-corrected chi connectivity index (χ4v) is 6.15. The van der Waals surface area contributed by atoms with Crippen LogP contribution in [-0.2, 0) is 9.84 Å². The lowest BCUT2D eigenvalue weighted by Crippen LogP contribution is -2.44. The quantitative estimate of drug-likeness (QED) is 0.397. The van der Waals surface area contributed by atoms with Crippen LogP contribution in [0.3, 0.4) is 0 Å². The fraction of sp³-hybridized carbons (Fsp3) is 0.435. The number of unbranched alkanes of at least 4 members (excludes halogenated alkanes) is 2. The van der Waals surface area contributed by atoms with E-state index in [0.29, 0.717) is 18.7 Å². The Labute approximate surface area is 184 Å². The predicted octanol–water partition coefficient (Wildman–Crippen LogP) is 5.08. The maximum absolute atomic E-state index is 13.7. The number of rotatable bonds is 9. The van der Waals surface area contributed by atoms with Gasteiger partial charge in [-0.15, -0.1) is 11.6 Å². The molecule has 3 atom stereocenters. The van der Waals surface area contributed by atoms with E-state index in [9.17, 15) is 13.2 Å². The number of hydrogen-bond donors (Lipinski definition) is 0. The summed E-state index contributed by atoms with van der Waals surface area (Å²) in [6.07, 6.45) is 2.72. The summed E-state index contributed by atoms with van der Waals surface area (Å²) in [5.41, 5.74) is 0.941. The molecule has 2 aromatic carbocycles. The third-order valence-electron chi connectivity index (χ3n) is 5.86. The zero-order valence-electron chi connectivity index (χ0n) is 17.4. The molecule has 162 valence electrons. The van der Waals surface area contributed by atoms with Crippen molar-refractivity contribution in [3.63, 3.8) is 0 Å². The van der Waals surface area contributed by atoms with Crippen molar-refractivity contribution in [3.8, 4) is 0 Å². The summed E-state index contributed by atoms with van der Waals surface area (Å²) >= 11 is 5.80. The largest absolute Gasteiger partial charge is 0.323 e. The molecule has 7 heteroatoms. The average Bonchev–Trinajstić information content (AvgIpc) is 2.98. The van der Waals surface area contributed by atoms with Gasteiger partial charge in [0.2, 0.25) is 0 Å². The summed E-state index contributed by atoms with van der Waals surface area (Å²) in [5, 5.41) is -0.930. The molecule has 1 aliphatic rings. The summed E-state index contributed by atoms with van der Waals surface area (Å²) < 4.78 is 27.4. The van der Waals surface area contributed by atoms with Gasteiger partial charge in [-0.05, 0) is 37.5 Å². The normalized spacial score (nSPS) is 20.6. The molecule has 1 saturated heterocycles. The number of alkyl halides is 1. The molecule has 0 aromatic heterocycles. The number of sulfone groups is 1. The van der Waals surface area contributed by atoms with Gasteiger partial charge in [-0.3, -0.25) is 4.90 Å². The Balaban J connectivity index is 2.05. The number of nitrogens with zero attached hydrogens (tertiary/aromatic N) is 2. The topological polar surface area (TPSA) is 57.7 Å². The molecule has 1 aliphatic heterocycles. The van der Waals surface area contributed by atoms with Crippen LogP contribution in [0.1, 0.15) is 44.2 Å². The van der Waals surface area contributed by atoms with Crippen molar-refractivity contribution in [2.45, 2.75) is 55.0 Å². The molecule has 0 bridgehead atoms. The van der Waals surface area contributed by atoms with E-state index >= 15 is 0 Å². The highest BCUT2D eigenvalue weighted by Gasteiger charge is 2.49. The van der Waals surface area contributed by atoms with Gasteiger partial charge in [0.1, 0.15) is 5.37 Å². The van der Waals surface area contributed by atoms with Crippen LogP contribution in [0.5, 0.6) is 0 Å². The first kappa shape index (κ1) is 22.6. The third-order valence-corrected chi connectivity index (χ3v) is 8.23. The van der Waals surface area contributed by atoms with Gasteiger partial charge in [0.05, 0.1) is 17.0 Å². The lowest BCUT2D eigenvalue weighted by Gasteiger charge is -2.33. The molecule has 3 rings (SSSR count). The zero-order valence-corrected chi connectivity index (χ0v) is 19.0. The molecule has 0 spiro atoms. The van der Waals surface area contributed by atoms with Crippen molar-refractivity contribution in [1.82, 2.24) is 9.80 Å². The number of hydrogen-bond acceptors (Lipinski definition) is 3. The Morgan fingerprint density at radius 2 is 1.57 bits per heavy atom. The lowest BCUT2D eigenvalue weighted by atomic mass is 10.00. The number of amides is 2. The Kier molecular flexibility index (Phi) is 7.42. The van der Waals surface area contributed by atoms with E-state index in [4.69, 9.17) is 11.6 Å². The maximum atomic E-state index is 13.7. The Hall–Kier alpha value is -2.05. The molecular weight excluding hydrogens is 420 g/mol. The molecule has 2 amide bonds. The number of halogens is 1. The molecular formula is C23H29ClN2O3S. The smallest absolute Gasteiger partial charge is 0.321 e. The average molecular weight is 449 g/mol. The van der Waals surface area contributed by atoms with E-state index in [1.54, 1.807) is 47.2 Å². The van der Waals surface area contributed by atoms with E-state index in [2.05, 4.69) is 0 Å². The van der Waals surface area contributed by atoms with E-state index in [1.807, 2.05) is 37.3 Å². The summed E-state index contributed by atoms with van der Waals surface area (Å²) in [7, 11) is -2.01. The first-order valence-corrected chi connectivity index (χ1v) is 12.4. The molecule has 1 heterocycles. The van der Waals surface area contributed by atoms with Gasteiger partial charge in [-0.25, -0.2) is 13.2 Å². The molecule has 0 unspecified atom stereocenters. The second kappa shape index (κ2) is 9.84. The minimum atomic E-state index is -3.75. The second-order valence-corrected chi connectivity index (χ2v) is 10.2. The van der Waals surface area contributed by atoms with Crippen LogP contribution in [0.25, 0.3) is 0 Å². The highest BCUT2D eigenvalue weighted by Crippen LogP contribution is 2.39. The van der Waals surface area contributed by atoms with E-state index in [1.165, 1.54) is 0 Å². The van der Waals surface area contributed by atoms with E-state index in [0.717, 1.165) is 18.4 Å². The van der Waals surface area contributed by atoms with Crippen molar-refractivity contribution in [2.24, 2.45) is 0 Å². The van der Waals surface area contributed by atoms with Gasteiger partial charge < -0.3 is 4.90 Å². The highest BCUT2D eigenvalue weighted by atomic mass is 35.5. The van der Waals surface area contributed by atoms with Gasteiger partial charge in [-0.1, -0.05) is 61.4 Å². The van der Waals surface area contributed by atoms with Crippen molar-refractivity contribution in [2.75, 3.05) is 12.9 Å². The van der Waals surface area contributed by atoms with Crippen LogP contribution in [0.15, 0.2) is 65.6 Å². The Bertz CT molecular complexity index is 937. The summed E-state index contributed by atoms with van der Waals surface area (Å²) in [6.45, 7) is 1.97. The first-order valence-electron chi connectivity index (χ1n) is 10.3. The standard InChI is InChI=1S/C23H29ClN2O3S/c1-18-22(19-12-6-3-7-13-19)26(23(27)25(18)2)21(16-10-5-11-17-24)30(28,29)20-14-8-4-9-15-20/h3-4,6-9,12-15,18,21-22H,5,10-11,16-17H2,1-2H3/t18-,21-,22-/m0/s1. The van der Waals surface area contributed by atoms with Gasteiger partial charge in [0.15, 0.2) is 9.84 Å². The minimum Gasteiger partial charge on any atom is -0.323 e. The zero-order chi connectivity index (χ0) is 21.7. The van der Waals surface area contributed by atoms with Crippen LogP contribution in [0.2, 0.25) is 0 Å². The molecule has 5 nitrogen and oxygen atoms in total. The maximum Gasteiger partial charge on any atom is 0.321 e. The molecule has 0 aliphatic carbocycles. The third kappa shape index (κ3) is 4.49. The van der Waals surface area contributed by atoms with Crippen molar-refractivity contribution < 1.29 is 13.2 Å². The molecule has 0 saturated carbocycles. The van der Waals surface area contributed by atoms with Crippen LogP contribution in [0, 0.1) is 0 Å². The molecule has 0 radical (unpaired) electrons. The lowest BCUT2D eigenvalue weighted by molar-refractivity contribution is 0.181. The van der Waals surface area contributed by atoms with Gasteiger partial charge in [-0.2, -0.15) is 0 Å². The SMILES string of the molecule is C[C@H]1[C@@H](c2ccccc2)N([C@H](CCCCCCl)S(=O)(=O)c2ccccc2)C(=O)N1C. The predicted molar refractivity (Wildman–Crippen MR) is 120 cm³/mol. The Morgan fingerprint density at radius 3 is 2.17 bits per heavy atom. The van der Waals surface area contributed by atoms with Crippen LogP contribution < -0.4 is 0 Å². The molecule has 30 heavy (non-hydrogen) atoms.